The van der Waals surface area contributed by atoms with Crippen LogP contribution < -0.4 is 53.2 Å². The summed E-state index contributed by atoms with van der Waals surface area (Å²) in [5.41, 5.74) is 9.79. The molecule has 1 spiro atoms. The molecule has 4 amide bonds. The summed E-state index contributed by atoms with van der Waals surface area (Å²) in [5.74, 6) is -4.89. The largest absolute Gasteiger partial charge is 0.496 e. The third kappa shape index (κ3) is 26.0. The Hall–Kier alpha value is -12.9. The maximum absolute atomic E-state index is 15.6. The smallest absolute Gasteiger partial charge is 0.373 e. The molecule has 135 heavy (non-hydrogen) atoms. The number of aliphatic hydroxyl groups excluding tert-OH is 1. The third-order valence-corrected chi connectivity index (χ3v) is 27.8. The Labute approximate surface area is 783 Å². The Morgan fingerprint density at radius 3 is 2.09 bits per heavy atom. The van der Waals surface area contributed by atoms with Gasteiger partial charge in [0, 0.05) is 157 Å². The van der Waals surface area contributed by atoms with Crippen LogP contribution in [0.4, 0.5) is 11.4 Å². The second-order valence-electron chi connectivity index (χ2n) is 33.6. The van der Waals surface area contributed by atoms with Gasteiger partial charge in [-0.3, -0.25) is 62.7 Å². The van der Waals surface area contributed by atoms with Crippen molar-refractivity contribution in [1.29, 1.82) is 0 Å². The molecular weight excluding hydrogens is 1800 g/mol. The van der Waals surface area contributed by atoms with Gasteiger partial charge in [0.1, 0.15) is 42.0 Å². The first kappa shape index (κ1) is 109. The molecule has 44 heteroatoms. The molecule has 5 aliphatic heterocycles. The number of carbonyl (C=O) groups excluding carboxylic acids is 19. The summed E-state index contributed by atoms with van der Waals surface area (Å²) in [6.45, 7) is 13.2. The average Bonchev–Trinajstić information content (AvgIpc) is 1.48. The van der Waals surface area contributed by atoms with Crippen molar-refractivity contribution in [1.82, 2.24) is 56.0 Å². The molecule has 1 aliphatic carbocycles. The van der Waals surface area contributed by atoms with Crippen LogP contribution in [0.15, 0.2) is 88.8 Å². The number of carbonyl (C=O) groups is 9. The zero-order valence-electron chi connectivity index (χ0n) is 76.3. The lowest BCUT2D eigenvalue weighted by atomic mass is 9.47. The molecule has 2 bridgehead atoms. The van der Waals surface area contributed by atoms with Crippen LogP contribution in [-0.4, -0.2) is 273 Å². The number of Topliss-reactive ketones (excluding diaryl/α,β-unsaturated/α-hetero) is 3. The van der Waals surface area contributed by atoms with Crippen LogP contribution >= 0.6 is 21.6 Å². The number of H-pyrrole nitrogens is 2. The highest BCUT2D eigenvalue weighted by atomic mass is 33.1. The standard InChI is InChI=1S/C86H114N16O16S2.5CO2/c1-10-82(114)42-53-43-85(80(113)117-9,70-59(27-33-101(47-53)48-82)58-19-12-13-20-62(58)98-70)61-40-60-64(41-67(61)116-8)100(7)77-84(60)29-34-102-32-17-28-83(11-2,76(84)102)78(111)86(77,115)79(112)93-46-68(106)118-35-37-120-119-36-16-22-65(104)51(5)94-72(107)50(4)39-66(105)63(21-15-31-90-81(87)88)99-73(108)49(3)38-57(103)18-14-30-89-74(109)54-23-25-55(26-24-54)91-44-56-45-92-71-69(97-56)75(110)96-52(6)95-71;5*2-1-3/h12-13,17,19-20,23-26,28,40-41,45,49-51,53,63,76-78,91,98,111,114-115H,10-11,14-16,18,21-22,27,29-39,42-44,46-48H2,1-9H3,(H,89,109)(H,93,112)(H,94,107)(H,99,108)(H4,87,88,90)(H,92,95,96,110);;;;;/t49-,50-,51+,53-,63+,76+,77-,78-,82+,83-,84-,85+,86+;;;;;/m1...../s1. The van der Waals surface area contributed by atoms with Crippen LogP contribution in [0.1, 0.15) is 162 Å². The fraction of sp³-hybridized carbons (Fsp3) is 0.527. The lowest BCUT2D eigenvalue weighted by Crippen LogP contribution is -2.81. The van der Waals surface area contributed by atoms with Crippen molar-refractivity contribution in [2.45, 2.75) is 190 Å². The van der Waals surface area contributed by atoms with E-state index in [1.54, 1.807) is 66.1 Å². The summed E-state index contributed by atoms with van der Waals surface area (Å²) in [7, 11) is 7.62. The summed E-state index contributed by atoms with van der Waals surface area (Å²) >= 11 is 0. The number of aliphatic hydroxyl groups is 3. The van der Waals surface area contributed by atoms with Crippen LogP contribution in [0.5, 0.6) is 5.75 Å². The molecule has 1 unspecified atom stereocenters. The van der Waals surface area contributed by atoms with E-state index in [1.807, 2.05) is 61.2 Å². The zero-order valence-corrected chi connectivity index (χ0v) is 78.0. The number of nitrogens with one attached hydrogen (secondary N) is 7. The molecule has 6 aromatic rings. The molecule has 42 nitrogen and oxygen atoms in total. The zero-order chi connectivity index (χ0) is 99.7. The molecule has 3 fully saturated rings. The first-order chi connectivity index (χ1) is 64.4. The number of aromatic amines is 2. The molecule has 3 aromatic carbocycles. The predicted octanol–water partition coefficient (Wildman–Crippen LogP) is 2.11. The minimum absolute atomic E-state index is 0.0307. The normalized spacial score (nSPS) is 22.5. The molecule has 14 N–H and O–H groups in total. The van der Waals surface area contributed by atoms with E-state index < -0.39 is 112 Å². The molecule has 14 atom stereocenters. The monoisotopic (exact) mass is 1910 g/mol. The van der Waals surface area contributed by atoms with Crippen LogP contribution in [0.2, 0.25) is 0 Å². The van der Waals surface area contributed by atoms with Crippen LogP contribution in [0.3, 0.4) is 0 Å². The van der Waals surface area contributed by atoms with Gasteiger partial charge in [-0.1, -0.05) is 79.6 Å². The van der Waals surface area contributed by atoms with Gasteiger partial charge in [0.2, 0.25) is 11.8 Å². The summed E-state index contributed by atoms with van der Waals surface area (Å²) in [6.07, 6.45) is 8.66. The summed E-state index contributed by atoms with van der Waals surface area (Å²) in [5, 5.41) is 54.1. The highest BCUT2D eigenvalue weighted by molar-refractivity contribution is 8.76. The van der Waals surface area contributed by atoms with Gasteiger partial charge in [-0.05, 0) is 138 Å². The number of ether oxygens (including phenoxy) is 3. The molecule has 1 saturated carbocycles. The van der Waals surface area contributed by atoms with E-state index in [-0.39, 0.29) is 142 Å². The van der Waals surface area contributed by atoms with Gasteiger partial charge in [0.25, 0.3) is 17.4 Å². The maximum atomic E-state index is 15.6. The number of guanidine groups is 1. The number of para-hydroxylation sites is 1. The number of hydrogen-bond donors (Lipinski definition) is 12. The molecule has 12 rings (SSSR count). The highest BCUT2D eigenvalue weighted by Crippen LogP contribution is 2.68. The van der Waals surface area contributed by atoms with Gasteiger partial charge in [-0.25, -0.2) is 15.0 Å². The number of likely N-dealkylation sites (N-methyl/N-ethyl adjacent to an activating group) is 1. The van der Waals surface area contributed by atoms with Gasteiger partial charge >= 0.3 is 42.7 Å². The number of aliphatic imine (C=N–C) groups is 1. The molecule has 8 heterocycles. The number of nitrogens with two attached hydrogens (primary N) is 2. The number of esters is 2. The summed E-state index contributed by atoms with van der Waals surface area (Å²) in [4.78, 5) is 248. The van der Waals surface area contributed by atoms with Gasteiger partial charge in [0.15, 0.2) is 34.3 Å². The molecule has 6 aliphatic rings. The number of aryl methyl sites for hydroxylation is 1. The fourth-order valence-electron chi connectivity index (χ4n) is 19.5. The van der Waals surface area contributed by atoms with Crippen LogP contribution in [0, 0.1) is 30.1 Å². The van der Waals surface area contributed by atoms with E-state index in [0.717, 1.165) is 22.0 Å². The van der Waals surface area contributed by atoms with Gasteiger partial charge in [0.05, 0.1) is 56.4 Å². The quantitative estimate of drug-likeness (QED) is 0.00659. The van der Waals surface area contributed by atoms with E-state index in [4.69, 9.17) is 73.6 Å². The lowest BCUT2D eigenvalue weighted by Gasteiger charge is -2.63. The van der Waals surface area contributed by atoms with Crippen molar-refractivity contribution in [2.75, 3.05) is 102 Å². The van der Waals surface area contributed by atoms with Crippen LogP contribution in [0.25, 0.3) is 22.1 Å². The van der Waals surface area contributed by atoms with Gasteiger partial charge in [-0.2, -0.15) is 47.9 Å². The van der Waals surface area contributed by atoms with Crippen LogP contribution in [-0.2, 0) is 120 Å². The van der Waals surface area contributed by atoms with Crippen molar-refractivity contribution in [3.8, 4) is 5.75 Å². The Balaban J connectivity index is 0.00000155. The fourth-order valence-corrected chi connectivity index (χ4v) is 21.4. The molecular formula is C91H114N16O26S2. The number of aromatic nitrogens is 5. The minimum atomic E-state index is -2.55. The Kier molecular flexibility index (Phi) is 41.2. The van der Waals surface area contributed by atoms with Crippen molar-refractivity contribution in [2.24, 2.45) is 39.6 Å². The number of benzene rings is 3. The van der Waals surface area contributed by atoms with Gasteiger partial charge in [-0.15, -0.1) is 0 Å². The van der Waals surface area contributed by atoms with E-state index in [0.29, 0.717) is 141 Å². The number of piperidine rings is 1. The Bertz CT molecular complexity index is 5460. The second kappa shape index (κ2) is 51.0. The van der Waals surface area contributed by atoms with E-state index >= 15 is 9.59 Å². The van der Waals surface area contributed by atoms with E-state index in [1.165, 1.54) is 34.9 Å². The third-order valence-electron chi connectivity index (χ3n) is 25.3. The molecule has 726 valence electrons. The number of fused-ring (bicyclic) bond motifs is 7. The van der Waals surface area contributed by atoms with Crippen molar-refractivity contribution in [3.05, 3.63) is 129 Å². The van der Waals surface area contributed by atoms with Crippen molar-refractivity contribution >= 4 is 145 Å². The maximum Gasteiger partial charge on any atom is 0.373 e. The predicted molar refractivity (Wildman–Crippen MR) is 482 cm³/mol. The Morgan fingerprint density at radius 1 is 0.763 bits per heavy atom. The summed E-state index contributed by atoms with van der Waals surface area (Å²) in [6, 6.07) is 15.2. The molecule has 2 saturated heterocycles. The summed E-state index contributed by atoms with van der Waals surface area (Å²) < 4.78 is 18.1. The topological polar surface area (TPSA) is 634 Å². The second-order valence-corrected chi connectivity index (χ2v) is 36.3. The number of methoxy groups -OCH3 is 2. The number of ketones is 3. The van der Waals surface area contributed by atoms with E-state index in [2.05, 4.69) is 72.4 Å². The minimum Gasteiger partial charge on any atom is -0.496 e. The number of hydrogen-bond acceptors (Lipinski definition) is 36. The number of anilines is 2. The van der Waals surface area contributed by atoms with Gasteiger partial charge < -0.3 is 82.4 Å². The number of rotatable bonds is 38. The van der Waals surface area contributed by atoms with Crippen molar-refractivity contribution in [3.63, 3.8) is 0 Å². The van der Waals surface area contributed by atoms with E-state index in [9.17, 15) is 53.7 Å². The molecule has 3 aromatic heterocycles. The first-order valence-electron chi connectivity index (χ1n) is 43.6. The Morgan fingerprint density at radius 2 is 1.43 bits per heavy atom. The first-order valence-corrected chi connectivity index (χ1v) is 46.1. The average molecular weight is 1910 g/mol. The molecule has 0 radical (unpaired) electrons. The lowest BCUT2D eigenvalue weighted by molar-refractivity contribution is -0.203. The number of amides is 4. The van der Waals surface area contributed by atoms with Crippen molar-refractivity contribution < 1.29 is 121 Å². The SMILES string of the molecule is CC[C@]1(O)C[C@H]2CN(CCc3c([nH]c4ccccc34)[C@@](C(=O)OC)(c3cc4c(cc3OC)N(C)[C@H]3[C@@](O)(C(=O)NCC(=O)OCCSSCCCC(=O)[C@H](C)NC(=O)[C@H](C)CC(=O)[C@H](CCCN=C(N)N)NC(=O)[C@H](C)CC(=O)CCCNC(=O)c5ccc(NCc6cnc7nc(C)[nH]c(=O)c7n6)cc5)[C@H](O)[C@]5(CC)C=CCN6CC[C@]43[C@@H]65)C2)C1.O=C=O.O=C=O.O=C=O.O=C=O.O=C=O. The number of nitrogens with zero attached hydrogens (tertiary/aromatic N) is 7. The highest BCUT2D eigenvalue weighted by Gasteiger charge is 2.79.